The lowest BCUT2D eigenvalue weighted by atomic mass is 10.1. The molecular weight excluding hydrogens is 216 g/mol. The van der Waals surface area contributed by atoms with E-state index in [1.54, 1.807) is 11.2 Å². The Kier molecular flexibility index (Phi) is 2.63. The maximum absolute atomic E-state index is 12.0. The summed E-state index contributed by atoms with van der Waals surface area (Å²) in [5.74, 6) is 0.210. The molecule has 2 aliphatic heterocycles. The second-order valence-electron chi connectivity index (χ2n) is 4.94. The van der Waals surface area contributed by atoms with Gasteiger partial charge in [0, 0.05) is 25.8 Å². The highest BCUT2D eigenvalue weighted by atomic mass is 16.2. The fourth-order valence-electron chi connectivity index (χ4n) is 2.84. The maximum Gasteiger partial charge on any atom is 0.245 e. The monoisotopic (exact) mass is 234 g/mol. The average Bonchev–Trinajstić information content (AvgIpc) is 3.01. The predicted molar refractivity (Wildman–Crippen MR) is 63.5 cm³/mol. The lowest BCUT2D eigenvalue weighted by Gasteiger charge is -2.18. The van der Waals surface area contributed by atoms with E-state index in [2.05, 4.69) is 14.9 Å². The van der Waals surface area contributed by atoms with Crippen molar-refractivity contribution in [3.05, 3.63) is 18.2 Å². The summed E-state index contributed by atoms with van der Waals surface area (Å²) in [6, 6.07) is 0.330. The van der Waals surface area contributed by atoms with Gasteiger partial charge in [0.05, 0.1) is 12.0 Å². The van der Waals surface area contributed by atoms with E-state index >= 15 is 0 Å². The van der Waals surface area contributed by atoms with Gasteiger partial charge >= 0.3 is 0 Å². The molecule has 1 N–H and O–H groups in total. The van der Waals surface area contributed by atoms with Gasteiger partial charge in [-0.05, 0) is 25.8 Å². The Bertz CT molecular complexity index is 422. The van der Waals surface area contributed by atoms with Crippen molar-refractivity contribution >= 4 is 5.91 Å². The van der Waals surface area contributed by atoms with Crippen molar-refractivity contribution in [1.29, 1.82) is 0 Å². The Labute approximate surface area is 101 Å². The van der Waals surface area contributed by atoms with Gasteiger partial charge in [0.2, 0.25) is 5.91 Å². The molecular formula is C12H18N4O. The number of likely N-dealkylation sites (tertiary alicyclic amines) is 1. The van der Waals surface area contributed by atoms with Crippen molar-refractivity contribution in [2.24, 2.45) is 0 Å². The number of imidazole rings is 1. The lowest BCUT2D eigenvalue weighted by Crippen LogP contribution is -2.26. The minimum absolute atomic E-state index is 0.0418. The van der Waals surface area contributed by atoms with Crippen LogP contribution in [0, 0.1) is 0 Å². The Hall–Kier alpha value is -1.36. The van der Waals surface area contributed by atoms with Crippen LogP contribution in [0.25, 0.3) is 0 Å². The molecule has 2 aliphatic rings. The number of likely N-dealkylation sites (N-methyl/N-ethyl adjacent to an activating group) is 1. The molecule has 1 aromatic rings. The van der Waals surface area contributed by atoms with E-state index in [1.165, 1.54) is 6.42 Å². The molecule has 1 unspecified atom stereocenters. The van der Waals surface area contributed by atoms with Crippen molar-refractivity contribution in [3.8, 4) is 0 Å². The number of carbonyl (C=O) groups is 1. The molecule has 1 aromatic heterocycles. The van der Waals surface area contributed by atoms with Crippen LogP contribution >= 0.6 is 0 Å². The third-order valence-corrected chi connectivity index (χ3v) is 3.85. The van der Waals surface area contributed by atoms with Crippen molar-refractivity contribution < 1.29 is 4.79 Å². The first-order valence-electron chi connectivity index (χ1n) is 6.27. The van der Waals surface area contributed by atoms with Crippen LogP contribution in [0.5, 0.6) is 0 Å². The molecule has 3 rings (SSSR count). The van der Waals surface area contributed by atoms with Gasteiger partial charge in [0.1, 0.15) is 6.04 Å². The van der Waals surface area contributed by atoms with Gasteiger partial charge in [0.15, 0.2) is 0 Å². The number of rotatable bonds is 2. The van der Waals surface area contributed by atoms with Crippen LogP contribution in [0.2, 0.25) is 0 Å². The van der Waals surface area contributed by atoms with Crippen LogP contribution in [0.3, 0.4) is 0 Å². The zero-order valence-electron chi connectivity index (χ0n) is 10.1. The van der Waals surface area contributed by atoms with Gasteiger partial charge < -0.3 is 14.8 Å². The van der Waals surface area contributed by atoms with E-state index in [0.717, 1.165) is 31.6 Å². The Morgan fingerprint density at radius 1 is 1.47 bits per heavy atom. The number of hydrogen-bond donors (Lipinski definition) is 1. The van der Waals surface area contributed by atoms with E-state index in [0.29, 0.717) is 6.04 Å². The first-order valence-corrected chi connectivity index (χ1v) is 6.27. The van der Waals surface area contributed by atoms with Gasteiger partial charge in [-0.25, -0.2) is 4.98 Å². The smallest absolute Gasteiger partial charge is 0.245 e. The van der Waals surface area contributed by atoms with E-state index < -0.39 is 0 Å². The summed E-state index contributed by atoms with van der Waals surface area (Å²) >= 11 is 0. The molecule has 2 fully saturated rings. The maximum atomic E-state index is 12.0. The second kappa shape index (κ2) is 4.14. The van der Waals surface area contributed by atoms with Crippen LogP contribution < -0.4 is 5.32 Å². The molecule has 0 saturated carbocycles. The highest BCUT2D eigenvalue weighted by Crippen LogP contribution is 2.29. The van der Waals surface area contributed by atoms with Crippen molar-refractivity contribution in [2.75, 3.05) is 20.1 Å². The molecule has 1 amide bonds. The van der Waals surface area contributed by atoms with Crippen molar-refractivity contribution in [3.63, 3.8) is 0 Å². The Morgan fingerprint density at radius 2 is 2.35 bits per heavy atom. The molecule has 2 atom stereocenters. The minimum Gasteiger partial charge on any atom is -0.344 e. The minimum atomic E-state index is -0.0418. The molecule has 2 saturated heterocycles. The second-order valence-corrected chi connectivity index (χ2v) is 4.94. The summed E-state index contributed by atoms with van der Waals surface area (Å²) in [6.07, 6.45) is 6.94. The summed E-state index contributed by atoms with van der Waals surface area (Å²) in [4.78, 5) is 18.1. The lowest BCUT2D eigenvalue weighted by molar-refractivity contribution is -0.129. The summed E-state index contributed by atoms with van der Waals surface area (Å²) in [5.41, 5.74) is 1.16. The molecule has 0 spiro atoms. The Balaban J connectivity index is 1.88. The molecule has 0 aliphatic carbocycles. The third kappa shape index (κ3) is 1.74. The molecule has 0 radical (unpaired) electrons. The number of nitrogens with zero attached hydrogens (tertiary/aromatic N) is 3. The van der Waals surface area contributed by atoms with E-state index in [9.17, 15) is 4.79 Å². The number of aromatic nitrogens is 2. The summed E-state index contributed by atoms with van der Waals surface area (Å²) in [6.45, 7) is 1.91. The van der Waals surface area contributed by atoms with E-state index in [-0.39, 0.29) is 11.9 Å². The van der Waals surface area contributed by atoms with Crippen molar-refractivity contribution in [2.45, 2.75) is 31.3 Å². The molecule has 5 nitrogen and oxygen atoms in total. The van der Waals surface area contributed by atoms with Crippen LogP contribution in [0.15, 0.2) is 12.5 Å². The first-order chi connectivity index (χ1) is 8.27. The number of hydrogen-bond acceptors (Lipinski definition) is 3. The standard InChI is InChI=1S/C12H18N4O/c1-15-6-4-10(12(15)17)16-8-13-7-11(16)9-3-2-5-14-9/h7-10,14H,2-6H2,1H3/t9-,10?/m0/s1. The molecule has 5 heteroatoms. The van der Waals surface area contributed by atoms with Gasteiger partial charge in [0.25, 0.3) is 0 Å². The van der Waals surface area contributed by atoms with Crippen LogP contribution in [0.4, 0.5) is 0 Å². The fourth-order valence-corrected chi connectivity index (χ4v) is 2.84. The highest BCUT2D eigenvalue weighted by Gasteiger charge is 2.33. The molecule has 92 valence electrons. The molecule has 0 aromatic carbocycles. The quantitative estimate of drug-likeness (QED) is 0.820. The van der Waals surface area contributed by atoms with Crippen LogP contribution in [-0.2, 0) is 4.79 Å². The predicted octanol–water partition coefficient (Wildman–Crippen LogP) is 0.711. The molecule has 3 heterocycles. The molecule has 17 heavy (non-hydrogen) atoms. The summed E-state index contributed by atoms with van der Waals surface area (Å²) in [7, 11) is 1.87. The third-order valence-electron chi connectivity index (χ3n) is 3.85. The van der Waals surface area contributed by atoms with E-state index in [4.69, 9.17) is 0 Å². The fraction of sp³-hybridized carbons (Fsp3) is 0.667. The Morgan fingerprint density at radius 3 is 3.00 bits per heavy atom. The SMILES string of the molecule is CN1CCC(n2cncc2[C@@H]2CCCN2)C1=O. The van der Waals surface area contributed by atoms with Crippen LogP contribution in [0.1, 0.15) is 37.0 Å². The number of nitrogens with one attached hydrogen (secondary N) is 1. The summed E-state index contributed by atoms with van der Waals surface area (Å²) < 4.78 is 2.06. The van der Waals surface area contributed by atoms with Gasteiger partial charge in [-0.2, -0.15) is 0 Å². The van der Waals surface area contributed by atoms with Crippen LogP contribution in [-0.4, -0.2) is 40.5 Å². The highest BCUT2D eigenvalue weighted by molar-refractivity contribution is 5.82. The number of carbonyl (C=O) groups excluding carboxylic acids is 1. The van der Waals surface area contributed by atoms with Gasteiger partial charge in [-0.15, -0.1) is 0 Å². The summed E-state index contributed by atoms with van der Waals surface area (Å²) in [5, 5.41) is 3.46. The topological polar surface area (TPSA) is 50.2 Å². The number of amides is 1. The average molecular weight is 234 g/mol. The zero-order chi connectivity index (χ0) is 11.8. The molecule has 0 bridgehead atoms. The van der Waals surface area contributed by atoms with Gasteiger partial charge in [-0.1, -0.05) is 0 Å². The normalized spacial score (nSPS) is 29.2. The largest absolute Gasteiger partial charge is 0.344 e. The first kappa shape index (κ1) is 10.8. The van der Waals surface area contributed by atoms with E-state index in [1.807, 2.05) is 13.2 Å². The van der Waals surface area contributed by atoms with Crippen molar-refractivity contribution in [1.82, 2.24) is 19.8 Å². The zero-order valence-corrected chi connectivity index (χ0v) is 10.1. The van der Waals surface area contributed by atoms with Gasteiger partial charge in [-0.3, -0.25) is 4.79 Å².